The van der Waals surface area contributed by atoms with E-state index in [0.717, 1.165) is 39.9 Å². The van der Waals surface area contributed by atoms with Crippen LogP contribution in [-0.2, 0) is 27.8 Å². The molecule has 5 heteroatoms. The molecule has 4 rings (SSSR count). The number of aryl methyl sites for hydroxylation is 1. The number of hydrogen-bond acceptors (Lipinski definition) is 3. The van der Waals surface area contributed by atoms with E-state index in [1.807, 2.05) is 19.9 Å². The van der Waals surface area contributed by atoms with E-state index in [9.17, 15) is 9.59 Å². The zero-order valence-corrected chi connectivity index (χ0v) is 14.0. The fraction of sp³-hybridized carbons (Fsp3) is 0.316. The van der Waals surface area contributed by atoms with Gasteiger partial charge in [0.25, 0.3) is 0 Å². The highest BCUT2D eigenvalue weighted by Crippen LogP contribution is 2.42. The number of benzene rings is 1. The molecule has 0 bridgehead atoms. The molecular weight excluding hydrogens is 302 g/mol. The van der Waals surface area contributed by atoms with Gasteiger partial charge in [-0.2, -0.15) is 0 Å². The van der Waals surface area contributed by atoms with E-state index in [1.54, 1.807) is 6.20 Å². The molecule has 0 atom stereocenters. The third kappa shape index (κ3) is 2.04. The zero-order chi connectivity index (χ0) is 17.1. The van der Waals surface area contributed by atoms with Crippen LogP contribution in [0.5, 0.6) is 0 Å². The van der Waals surface area contributed by atoms with Gasteiger partial charge in [0.05, 0.1) is 11.8 Å². The van der Waals surface area contributed by atoms with Gasteiger partial charge in [0.1, 0.15) is 5.82 Å². The number of nitrogens with zero attached hydrogens (tertiary/aromatic N) is 1. The van der Waals surface area contributed by atoms with E-state index in [0.29, 0.717) is 12.2 Å². The summed E-state index contributed by atoms with van der Waals surface area (Å²) >= 11 is 0. The molecule has 1 aromatic heterocycles. The first-order valence-electron chi connectivity index (χ1n) is 8.18. The Bertz CT molecular complexity index is 900. The van der Waals surface area contributed by atoms with Gasteiger partial charge in [0, 0.05) is 23.0 Å². The molecule has 0 radical (unpaired) electrons. The van der Waals surface area contributed by atoms with Crippen LogP contribution in [-0.4, -0.2) is 16.8 Å². The summed E-state index contributed by atoms with van der Waals surface area (Å²) in [4.78, 5) is 28.2. The second kappa shape index (κ2) is 4.90. The fourth-order valence-electron chi connectivity index (χ4n) is 3.45. The number of anilines is 2. The lowest BCUT2D eigenvalue weighted by molar-refractivity contribution is -0.119. The molecule has 0 unspecified atom stereocenters. The minimum absolute atomic E-state index is 0.0196. The van der Waals surface area contributed by atoms with Crippen LogP contribution in [0.2, 0.25) is 0 Å². The lowest BCUT2D eigenvalue weighted by atomic mass is 9.83. The Morgan fingerprint density at radius 1 is 1.12 bits per heavy atom. The van der Waals surface area contributed by atoms with E-state index in [2.05, 4.69) is 34.7 Å². The van der Waals surface area contributed by atoms with Crippen LogP contribution in [0.3, 0.4) is 0 Å². The smallest absolute Gasteiger partial charge is 0.234 e. The highest BCUT2D eigenvalue weighted by Gasteiger charge is 2.39. The lowest BCUT2D eigenvalue weighted by Crippen LogP contribution is -2.26. The SMILES string of the molecule is CCc1cc(-c2cnc3c(c2)CC(=O)N3)cc2c1NC(=O)C2(C)C. The van der Waals surface area contributed by atoms with Crippen molar-refractivity contribution in [2.75, 3.05) is 10.6 Å². The first-order valence-corrected chi connectivity index (χ1v) is 8.18. The van der Waals surface area contributed by atoms with Gasteiger partial charge in [-0.15, -0.1) is 0 Å². The Balaban J connectivity index is 1.87. The van der Waals surface area contributed by atoms with Gasteiger partial charge in [-0.3, -0.25) is 9.59 Å². The van der Waals surface area contributed by atoms with Crippen LogP contribution in [0.1, 0.15) is 37.5 Å². The van der Waals surface area contributed by atoms with Gasteiger partial charge in [0.15, 0.2) is 0 Å². The molecular formula is C19H19N3O2. The van der Waals surface area contributed by atoms with Crippen molar-refractivity contribution in [2.24, 2.45) is 0 Å². The molecule has 0 saturated heterocycles. The third-order valence-corrected chi connectivity index (χ3v) is 4.99. The number of rotatable bonds is 2. The van der Waals surface area contributed by atoms with E-state index in [1.165, 1.54) is 0 Å². The molecule has 1 aromatic carbocycles. The first kappa shape index (κ1) is 14.9. The monoisotopic (exact) mass is 321 g/mol. The number of fused-ring (bicyclic) bond motifs is 2. The van der Waals surface area contributed by atoms with Gasteiger partial charge in [-0.1, -0.05) is 6.92 Å². The summed E-state index contributed by atoms with van der Waals surface area (Å²) in [5, 5.41) is 5.78. The number of amides is 2. The number of carbonyl (C=O) groups is 2. The molecule has 122 valence electrons. The number of carbonyl (C=O) groups excluding carboxylic acids is 2. The highest BCUT2D eigenvalue weighted by atomic mass is 16.2. The molecule has 5 nitrogen and oxygen atoms in total. The maximum atomic E-state index is 12.3. The van der Waals surface area contributed by atoms with E-state index in [4.69, 9.17) is 0 Å². The summed E-state index contributed by atoms with van der Waals surface area (Å²) in [6, 6.07) is 6.19. The van der Waals surface area contributed by atoms with Crippen LogP contribution < -0.4 is 10.6 Å². The number of pyridine rings is 1. The molecule has 0 aliphatic carbocycles. The van der Waals surface area contributed by atoms with Crippen molar-refractivity contribution in [1.82, 2.24) is 4.98 Å². The Morgan fingerprint density at radius 3 is 2.67 bits per heavy atom. The van der Waals surface area contributed by atoms with E-state index in [-0.39, 0.29) is 11.8 Å². The van der Waals surface area contributed by atoms with Crippen molar-refractivity contribution in [2.45, 2.75) is 39.0 Å². The van der Waals surface area contributed by atoms with Crippen LogP contribution in [0.4, 0.5) is 11.5 Å². The summed E-state index contributed by atoms with van der Waals surface area (Å²) in [6.45, 7) is 5.97. The second-order valence-corrected chi connectivity index (χ2v) is 6.95. The lowest BCUT2D eigenvalue weighted by Gasteiger charge is -2.17. The van der Waals surface area contributed by atoms with Crippen molar-refractivity contribution in [3.8, 4) is 11.1 Å². The summed E-state index contributed by atoms with van der Waals surface area (Å²) < 4.78 is 0. The van der Waals surface area contributed by atoms with Crippen LogP contribution >= 0.6 is 0 Å². The van der Waals surface area contributed by atoms with E-state index < -0.39 is 5.41 Å². The van der Waals surface area contributed by atoms with E-state index >= 15 is 0 Å². The average Bonchev–Trinajstić information content (AvgIpc) is 3.03. The quantitative estimate of drug-likeness (QED) is 0.893. The van der Waals surface area contributed by atoms with Gasteiger partial charge >= 0.3 is 0 Å². The zero-order valence-electron chi connectivity index (χ0n) is 14.0. The molecule has 0 spiro atoms. The third-order valence-electron chi connectivity index (χ3n) is 4.99. The topological polar surface area (TPSA) is 71.1 Å². The Hall–Kier alpha value is -2.69. The fourth-order valence-corrected chi connectivity index (χ4v) is 3.45. The summed E-state index contributed by atoms with van der Waals surface area (Å²) in [6.07, 6.45) is 2.99. The molecule has 2 amide bonds. The number of nitrogens with one attached hydrogen (secondary N) is 2. The van der Waals surface area contributed by atoms with Gasteiger partial charge in [0.2, 0.25) is 11.8 Å². The minimum atomic E-state index is -0.545. The molecule has 2 aliphatic rings. The molecule has 0 fully saturated rings. The number of aromatic nitrogens is 1. The summed E-state index contributed by atoms with van der Waals surface area (Å²) in [5.74, 6) is 0.665. The maximum absolute atomic E-state index is 12.3. The van der Waals surface area contributed by atoms with Crippen LogP contribution in [0, 0.1) is 0 Å². The average molecular weight is 321 g/mol. The summed E-state index contributed by atoms with van der Waals surface area (Å²) in [5.41, 5.74) is 5.47. The number of hydrogen-bond donors (Lipinski definition) is 2. The Kier molecular flexibility index (Phi) is 3.04. The molecule has 0 saturated carbocycles. The summed E-state index contributed by atoms with van der Waals surface area (Å²) in [7, 11) is 0. The molecule has 24 heavy (non-hydrogen) atoms. The van der Waals surface area contributed by atoms with Crippen LogP contribution in [0.25, 0.3) is 11.1 Å². The van der Waals surface area contributed by atoms with Crippen LogP contribution in [0.15, 0.2) is 24.4 Å². The second-order valence-electron chi connectivity index (χ2n) is 6.95. The largest absolute Gasteiger partial charge is 0.325 e. The standard InChI is InChI=1S/C19H19N3O2/c1-4-10-5-11(7-14-16(10)22-18(24)19(14,2)3)13-6-12-8-15(23)21-17(12)20-9-13/h5-7,9H,4,8H2,1-3H3,(H,22,24)(H,20,21,23). The molecule has 2 aliphatic heterocycles. The van der Waals surface area contributed by atoms with Gasteiger partial charge < -0.3 is 10.6 Å². The molecule has 2 aromatic rings. The predicted octanol–water partition coefficient (Wildman–Crippen LogP) is 3.04. The Morgan fingerprint density at radius 2 is 1.92 bits per heavy atom. The van der Waals surface area contributed by atoms with Gasteiger partial charge in [-0.05, 0) is 55.2 Å². The normalized spacial score (nSPS) is 17.3. The predicted molar refractivity (Wildman–Crippen MR) is 93.0 cm³/mol. The van der Waals surface area contributed by atoms with Crippen molar-refractivity contribution in [3.05, 3.63) is 41.1 Å². The van der Waals surface area contributed by atoms with Crippen molar-refractivity contribution >= 4 is 23.3 Å². The van der Waals surface area contributed by atoms with Gasteiger partial charge in [-0.25, -0.2) is 4.98 Å². The van der Waals surface area contributed by atoms with Crippen molar-refractivity contribution < 1.29 is 9.59 Å². The van der Waals surface area contributed by atoms with Crippen molar-refractivity contribution in [1.29, 1.82) is 0 Å². The Labute approximate surface area is 140 Å². The molecule has 2 N–H and O–H groups in total. The molecule has 3 heterocycles. The van der Waals surface area contributed by atoms with Crippen molar-refractivity contribution in [3.63, 3.8) is 0 Å². The first-order chi connectivity index (χ1) is 11.4. The highest BCUT2D eigenvalue weighted by molar-refractivity contribution is 6.07. The minimum Gasteiger partial charge on any atom is -0.325 e. The maximum Gasteiger partial charge on any atom is 0.234 e.